The van der Waals surface area contributed by atoms with E-state index in [9.17, 15) is 9.59 Å². The van der Waals surface area contributed by atoms with Crippen LogP contribution in [0.5, 0.6) is 11.5 Å². The Morgan fingerprint density at radius 3 is 2.07 bits per heavy atom. The van der Waals surface area contributed by atoms with Gasteiger partial charge >= 0.3 is 11.9 Å². The summed E-state index contributed by atoms with van der Waals surface area (Å²) in [7, 11) is 0. The highest BCUT2D eigenvalue weighted by molar-refractivity contribution is 5.89. The van der Waals surface area contributed by atoms with Crippen molar-refractivity contribution in [2.75, 3.05) is 6.61 Å². The Bertz CT molecular complexity index is 961. The zero-order valence-corrected chi connectivity index (χ0v) is 17.0. The summed E-state index contributed by atoms with van der Waals surface area (Å²) in [5.74, 6) is 0.404. The maximum atomic E-state index is 12.1. The summed E-state index contributed by atoms with van der Waals surface area (Å²) in [4.78, 5) is 24.1. The van der Waals surface area contributed by atoms with Crippen LogP contribution in [0, 0.1) is 0 Å². The van der Waals surface area contributed by atoms with Gasteiger partial charge in [0.05, 0.1) is 5.56 Å². The van der Waals surface area contributed by atoms with Crippen molar-refractivity contribution in [3.05, 3.63) is 95.6 Å². The van der Waals surface area contributed by atoms with Crippen molar-refractivity contribution < 1.29 is 23.8 Å². The monoisotopic (exact) mass is 404 g/mol. The number of benzene rings is 3. The Balaban J connectivity index is 1.46. The van der Waals surface area contributed by atoms with Gasteiger partial charge in [-0.1, -0.05) is 56.3 Å². The van der Waals surface area contributed by atoms with E-state index in [1.54, 1.807) is 24.3 Å². The predicted octanol–water partition coefficient (Wildman–Crippen LogP) is 5.15. The molecular weight excluding hydrogens is 380 g/mol. The zero-order valence-electron chi connectivity index (χ0n) is 17.0. The molecule has 5 heteroatoms. The first-order valence-electron chi connectivity index (χ1n) is 9.76. The number of hydrogen-bond acceptors (Lipinski definition) is 5. The quantitative estimate of drug-likeness (QED) is 0.384. The van der Waals surface area contributed by atoms with E-state index in [-0.39, 0.29) is 13.2 Å². The van der Waals surface area contributed by atoms with E-state index in [4.69, 9.17) is 14.2 Å². The van der Waals surface area contributed by atoms with Gasteiger partial charge in [0.1, 0.15) is 18.1 Å². The Labute approximate surface area is 176 Å². The maximum Gasteiger partial charge on any atom is 0.349 e. The molecule has 0 fully saturated rings. The largest absolute Gasteiger partial charge is 0.482 e. The van der Waals surface area contributed by atoms with Crippen LogP contribution < -0.4 is 9.47 Å². The highest BCUT2D eigenvalue weighted by atomic mass is 16.6. The van der Waals surface area contributed by atoms with E-state index >= 15 is 0 Å². The van der Waals surface area contributed by atoms with Crippen LogP contribution in [0.25, 0.3) is 0 Å². The maximum absolute atomic E-state index is 12.1. The minimum atomic E-state index is -0.526. The molecule has 0 aliphatic heterocycles. The highest BCUT2D eigenvalue weighted by Crippen LogP contribution is 2.19. The average molecular weight is 404 g/mol. The van der Waals surface area contributed by atoms with Crippen LogP contribution in [-0.4, -0.2) is 18.5 Å². The third kappa shape index (κ3) is 6.21. The molecule has 30 heavy (non-hydrogen) atoms. The van der Waals surface area contributed by atoms with Crippen molar-refractivity contribution in [1.82, 2.24) is 0 Å². The molecule has 0 bridgehead atoms. The second kappa shape index (κ2) is 10.3. The first-order valence-corrected chi connectivity index (χ1v) is 9.76. The van der Waals surface area contributed by atoms with Crippen molar-refractivity contribution >= 4 is 11.9 Å². The second-order valence-corrected chi connectivity index (χ2v) is 7.07. The molecule has 3 rings (SSSR count). The summed E-state index contributed by atoms with van der Waals surface area (Å²) in [6.07, 6.45) is 0. The molecule has 0 unspecified atom stereocenters. The summed E-state index contributed by atoms with van der Waals surface area (Å²) < 4.78 is 16.0. The summed E-state index contributed by atoms with van der Waals surface area (Å²) in [5, 5.41) is 0. The van der Waals surface area contributed by atoms with Gasteiger partial charge < -0.3 is 14.2 Å². The number of carbonyl (C=O) groups is 2. The molecule has 0 spiro atoms. The fourth-order valence-electron chi connectivity index (χ4n) is 2.72. The lowest BCUT2D eigenvalue weighted by Gasteiger charge is -2.09. The molecule has 0 saturated carbocycles. The SMILES string of the molecule is CC(C)c1ccc(OCC(=O)Oc2ccc(C(=O)OCc3ccccc3)cc2)cc1. The van der Waals surface area contributed by atoms with E-state index in [0.717, 1.165) is 5.56 Å². The third-order valence-corrected chi connectivity index (χ3v) is 4.44. The van der Waals surface area contributed by atoms with Crippen LogP contribution in [0.4, 0.5) is 0 Å². The molecule has 0 aromatic heterocycles. The smallest absolute Gasteiger partial charge is 0.349 e. The molecule has 0 amide bonds. The number of rotatable bonds is 8. The number of esters is 2. The fraction of sp³-hybridized carbons (Fsp3) is 0.200. The van der Waals surface area contributed by atoms with Gasteiger partial charge in [-0.2, -0.15) is 0 Å². The van der Waals surface area contributed by atoms with Crippen molar-refractivity contribution in [2.45, 2.75) is 26.4 Å². The summed E-state index contributed by atoms with van der Waals surface area (Å²) >= 11 is 0. The van der Waals surface area contributed by atoms with Crippen molar-refractivity contribution in [3.63, 3.8) is 0 Å². The van der Waals surface area contributed by atoms with Gasteiger partial charge in [0, 0.05) is 0 Å². The van der Waals surface area contributed by atoms with Gasteiger partial charge in [0.2, 0.25) is 0 Å². The van der Waals surface area contributed by atoms with E-state index in [2.05, 4.69) is 13.8 Å². The second-order valence-electron chi connectivity index (χ2n) is 7.07. The van der Waals surface area contributed by atoms with E-state index < -0.39 is 11.9 Å². The minimum Gasteiger partial charge on any atom is -0.482 e. The summed E-state index contributed by atoms with van der Waals surface area (Å²) in [6, 6.07) is 23.3. The van der Waals surface area contributed by atoms with E-state index in [0.29, 0.717) is 23.0 Å². The van der Waals surface area contributed by atoms with Crippen molar-refractivity contribution in [3.8, 4) is 11.5 Å². The van der Waals surface area contributed by atoms with Crippen molar-refractivity contribution in [2.24, 2.45) is 0 Å². The lowest BCUT2D eigenvalue weighted by molar-refractivity contribution is -0.136. The van der Waals surface area contributed by atoms with Gasteiger partial charge in [-0.05, 0) is 53.4 Å². The van der Waals surface area contributed by atoms with Gasteiger partial charge in [-0.15, -0.1) is 0 Å². The molecule has 3 aromatic carbocycles. The highest BCUT2D eigenvalue weighted by Gasteiger charge is 2.10. The Morgan fingerprint density at radius 2 is 1.43 bits per heavy atom. The van der Waals surface area contributed by atoms with Gasteiger partial charge in [0.15, 0.2) is 6.61 Å². The number of ether oxygens (including phenoxy) is 3. The molecule has 0 aliphatic carbocycles. The third-order valence-electron chi connectivity index (χ3n) is 4.44. The molecule has 0 heterocycles. The molecule has 154 valence electrons. The van der Waals surface area contributed by atoms with Crippen molar-refractivity contribution in [1.29, 1.82) is 0 Å². The topological polar surface area (TPSA) is 61.8 Å². The first kappa shape index (κ1) is 21.1. The predicted molar refractivity (Wildman–Crippen MR) is 114 cm³/mol. The number of hydrogen-bond donors (Lipinski definition) is 0. The van der Waals surface area contributed by atoms with Crippen LogP contribution in [-0.2, 0) is 16.1 Å². The molecule has 0 aliphatic rings. The molecular formula is C25H24O5. The minimum absolute atomic E-state index is 0.200. The Morgan fingerprint density at radius 1 is 0.800 bits per heavy atom. The standard InChI is InChI=1S/C25H24O5/c1-18(2)20-8-12-22(13-9-20)28-17-24(26)30-23-14-10-21(11-15-23)25(27)29-16-19-6-4-3-5-7-19/h3-15,18H,16-17H2,1-2H3. The average Bonchev–Trinajstić information content (AvgIpc) is 2.77. The molecule has 0 saturated heterocycles. The number of carbonyl (C=O) groups excluding carboxylic acids is 2. The van der Waals surface area contributed by atoms with Crippen LogP contribution in [0.3, 0.4) is 0 Å². The lowest BCUT2D eigenvalue weighted by Crippen LogP contribution is -2.17. The molecule has 5 nitrogen and oxygen atoms in total. The Kier molecular flexibility index (Phi) is 7.22. The van der Waals surface area contributed by atoms with Crippen LogP contribution in [0.15, 0.2) is 78.9 Å². The normalized spacial score (nSPS) is 10.5. The molecule has 0 atom stereocenters. The van der Waals surface area contributed by atoms with Gasteiger partial charge in [-0.25, -0.2) is 9.59 Å². The summed E-state index contributed by atoms with van der Waals surface area (Å²) in [6.45, 7) is 4.22. The van der Waals surface area contributed by atoms with Crippen LogP contribution in [0.1, 0.15) is 41.3 Å². The lowest BCUT2D eigenvalue weighted by atomic mass is 10.0. The zero-order chi connectivity index (χ0) is 21.3. The summed E-state index contributed by atoms with van der Waals surface area (Å²) in [5.41, 5.74) is 2.50. The molecule has 0 N–H and O–H groups in total. The molecule has 3 aromatic rings. The van der Waals surface area contributed by atoms with Crippen LogP contribution in [0.2, 0.25) is 0 Å². The van der Waals surface area contributed by atoms with E-state index in [1.807, 2.05) is 54.6 Å². The Hall–Kier alpha value is -3.60. The van der Waals surface area contributed by atoms with E-state index in [1.165, 1.54) is 5.56 Å². The molecule has 0 radical (unpaired) electrons. The van der Waals surface area contributed by atoms with Gasteiger partial charge in [-0.3, -0.25) is 0 Å². The first-order chi connectivity index (χ1) is 14.5. The van der Waals surface area contributed by atoms with Gasteiger partial charge in [0.25, 0.3) is 0 Å². The van der Waals surface area contributed by atoms with Crippen LogP contribution >= 0.6 is 0 Å². The fourth-order valence-corrected chi connectivity index (χ4v) is 2.72.